The molecule has 2 heterocycles. The number of aromatic nitrogens is 3. The van der Waals surface area contributed by atoms with Crippen molar-refractivity contribution in [2.24, 2.45) is 0 Å². The Kier molecular flexibility index (Phi) is 4.37. The Labute approximate surface area is 167 Å². The van der Waals surface area contributed by atoms with Gasteiger partial charge in [-0.2, -0.15) is 0 Å². The van der Waals surface area contributed by atoms with Crippen molar-refractivity contribution in [3.63, 3.8) is 0 Å². The fourth-order valence-corrected chi connectivity index (χ4v) is 4.23. The molecule has 0 fully saturated rings. The Balaban J connectivity index is 1.49. The number of para-hydroxylation sites is 3. The number of aryl methyl sites for hydroxylation is 1. The van der Waals surface area contributed by atoms with Crippen LogP contribution in [0.25, 0.3) is 27.6 Å². The average Bonchev–Trinajstić information content (AvgIpc) is 3.11. The number of benzene rings is 3. The molecule has 5 aromatic rings. The number of imidazole rings is 1. The van der Waals surface area contributed by atoms with E-state index in [0.717, 1.165) is 44.2 Å². The molecule has 0 spiro atoms. The van der Waals surface area contributed by atoms with Gasteiger partial charge in [-0.25, -0.2) is 9.97 Å². The van der Waals surface area contributed by atoms with E-state index < -0.39 is 0 Å². The van der Waals surface area contributed by atoms with Crippen LogP contribution in [0.5, 0.6) is 5.75 Å². The summed E-state index contributed by atoms with van der Waals surface area (Å²) in [5.74, 6) is 1.71. The second-order valence-corrected chi connectivity index (χ2v) is 7.75. The second kappa shape index (κ2) is 7.17. The zero-order valence-corrected chi connectivity index (χ0v) is 16.3. The lowest BCUT2D eigenvalue weighted by atomic mass is 10.2. The summed E-state index contributed by atoms with van der Waals surface area (Å²) in [5, 5.41) is 2.01. The van der Waals surface area contributed by atoms with Crippen LogP contribution < -0.4 is 4.74 Å². The number of ether oxygens (including phenoxy) is 1. The van der Waals surface area contributed by atoms with Crippen molar-refractivity contribution in [1.82, 2.24) is 14.4 Å². The van der Waals surface area contributed by atoms with Gasteiger partial charge in [0.2, 0.25) is 0 Å². The first-order chi connectivity index (χ1) is 13.8. The topological polar surface area (TPSA) is 39.4 Å². The van der Waals surface area contributed by atoms with Gasteiger partial charge in [-0.3, -0.25) is 4.40 Å². The smallest absolute Gasteiger partial charge is 0.174 e. The molecule has 0 aliphatic carbocycles. The minimum Gasteiger partial charge on any atom is -0.493 e. The van der Waals surface area contributed by atoms with Crippen molar-refractivity contribution in [2.45, 2.75) is 12.1 Å². The lowest BCUT2D eigenvalue weighted by Gasteiger charge is -2.09. The largest absolute Gasteiger partial charge is 0.493 e. The Morgan fingerprint density at radius 1 is 0.893 bits per heavy atom. The van der Waals surface area contributed by atoms with Crippen LogP contribution in [0.1, 0.15) is 5.56 Å². The zero-order valence-electron chi connectivity index (χ0n) is 15.5. The van der Waals surface area contributed by atoms with Crippen molar-refractivity contribution in [3.8, 4) is 5.75 Å². The van der Waals surface area contributed by atoms with Gasteiger partial charge in [0.05, 0.1) is 23.2 Å². The molecule has 0 radical (unpaired) electrons. The standard InChI is InChI=1S/C23H19N3OS/c1-16-7-6-8-17(15-16)27-13-14-28-23-25-19-10-3-2-9-18(19)22-24-20-11-4-5-12-21(20)26(22)23/h2-12,15H,13-14H2,1H3. The summed E-state index contributed by atoms with van der Waals surface area (Å²) in [6, 6.07) is 24.5. The summed E-state index contributed by atoms with van der Waals surface area (Å²) in [4.78, 5) is 9.78. The Hall–Kier alpha value is -3.05. The number of hydrogen-bond acceptors (Lipinski definition) is 4. The molecule has 0 aliphatic heterocycles. The molecule has 138 valence electrons. The van der Waals surface area contributed by atoms with E-state index in [2.05, 4.69) is 35.6 Å². The number of nitrogens with zero attached hydrogens (tertiary/aromatic N) is 3. The minimum atomic E-state index is 0.622. The normalized spacial score (nSPS) is 11.5. The van der Waals surface area contributed by atoms with Gasteiger partial charge in [0.25, 0.3) is 0 Å². The van der Waals surface area contributed by atoms with Crippen molar-refractivity contribution in [2.75, 3.05) is 12.4 Å². The molecule has 0 saturated heterocycles. The van der Waals surface area contributed by atoms with Crippen LogP contribution in [0.3, 0.4) is 0 Å². The fraction of sp³-hybridized carbons (Fsp3) is 0.130. The summed E-state index contributed by atoms with van der Waals surface area (Å²) in [6.45, 7) is 2.69. The summed E-state index contributed by atoms with van der Waals surface area (Å²) in [7, 11) is 0. The summed E-state index contributed by atoms with van der Waals surface area (Å²) >= 11 is 1.69. The highest BCUT2D eigenvalue weighted by Crippen LogP contribution is 2.28. The van der Waals surface area contributed by atoms with Gasteiger partial charge in [0.15, 0.2) is 5.16 Å². The van der Waals surface area contributed by atoms with Gasteiger partial charge in [0, 0.05) is 11.1 Å². The molecule has 0 bridgehead atoms. The maximum absolute atomic E-state index is 5.90. The van der Waals surface area contributed by atoms with Crippen LogP contribution in [0.4, 0.5) is 0 Å². The predicted molar refractivity (Wildman–Crippen MR) is 115 cm³/mol. The third kappa shape index (κ3) is 3.08. The quantitative estimate of drug-likeness (QED) is 0.227. The summed E-state index contributed by atoms with van der Waals surface area (Å²) in [5.41, 5.74) is 5.19. The Bertz CT molecular complexity index is 1300. The average molecular weight is 385 g/mol. The molecule has 0 amide bonds. The fourth-order valence-electron chi connectivity index (χ4n) is 3.41. The molecule has 0 atom stereocenters. The van der Waals surface area contributed by atoms with Crippen LogP contribution in [0, 0.1) is 6.92 Å². The highest BCUT2D eigenvalue weighted by molar-refractivity contribution is 7.99. The van der Waals surface area contributed by atoms with Gasteiger partial charge < -0.3 is 4.74 Å². The van der Waals surface area contributed by atoms with Gasteiger partial charge >= 0.3 is 0 Å². The van der Waals surface area contributed by atoms with Gasteiger partial charge in [-0.15, -0.1) is 0 Å². The number of fused-ring (bicyclic) bond motifs is 5. The van der Waals surface area contributed by atoms with Crippen LogP contribution in [-0.4, -0.2) is 26.7 Å². The zero-order chi connectivity index (χ0) is 18.9. The summed E-state index contributed by atoms with van der Waals surface area (Å²) < 4.78 is 8.07. The molecule has 0 unspecified atom stereocenters. The van der Waals surface area contributed by atoms with Gasteiger partial charge in [-0.1, -0.05) is 48.2 Å². The molecular weight excluding hydrogens is 366 g/mol. The molecule has 0 aliphatic rings. The lowest BCUT2D eigenvalue weighted by molar-refractivity contribution is 0.343. The van der Waals surface area contributed by atoms with E-state index in [4.69, 9.17) is 14.7 Å². The Morgan fingerprint density at radius 3 is 2.61 bits per heavy atom. The van der Waals surface area contributed by atoms with Crippen molar-refractivity contribution in [3.05, 3.63) is 78.4 Å². The van der Waals surface area contributed by atoms with Crippen LogP contribution in [-0.2, 0) is 0 Å². The maximum atomic E-state index is 5.90. The first kappa shape index (κ1) is 17.1. The SMILES string of the molecule is Cc1cccc(OCCSc2nc3ccccc3c3nc4ccccc4n23)c1. The van der Waals surface area contributed by atoms with Crippen molar-refractivity contribution < 1.29 is 4.74 Å². The van der Waals surface area contributed by atoms with Crippen molar-refractivity contribution >= 4 is 39.3 Å². The first-order valence-electron chi connectivity index (χ1n) is 9.28. The first-order valence-corrected chi connectivity index (χ1v) is 10.3. The second-order valence-electron chi connectivity index (χ2n) is 6.68. The number of hydrogen-bond donors (Lipinski definition) is 0. The van der Waals surface area contributed by atoms with E-state index in [-0.39, 0.29) is 0 Å². The maximum Gasteiger partial charge on any atom is 0.174 e. The molecule has 28 heavy (non-hydrogen) atoms. The molecule has 5 rings (SSSR count). The minimum absolute atomic E-state index is 0.622. The molecule has 2 aromatic heterocycles. The number of rotatable bonds is 5. The molecule has 5 heteroatoms. The van der Waals surface area contributed by atoms with E-state index in [1.807, 2.05) is 48.5 Å². The van der Waals surface area contributed by atoms with E-state index in [1.165, 1.54) is 5.56 Å². The molecular formula is C23H19N3OS. The van der Waals surface area contributed by atoms with Crippen LogP contribution in [0.2, 0.25) is 0 Å². The monoisotopic (exact) mass is 385 g/mol. The van der Waals surface area contributed by atoms with Crippen molar-refractivity contribution in [1.29, 1.82) is 0 Å². The Morgan fingerprint density at radius 2 is 1.71 bits per heavy atom. The highest BCUT2D eigenvalue weighted by atomic mass is 32.2. The van der Waals surface area contributed by atoms with Crippen LogP contribution >= 0.6 is 11.8 Å². The third-order valence-corrected chi connectivity index (χ3v) is 5.59. The van der Waals surface area contributed by atoms with Gasteiger partial charge in [-0.05, 0) is 48.9 Å². The van der Waals surface area contributed by atoms with Crippen LogP contribution in [0.15, 0.2) is 78.0 Å². The van der Waals surface area contributed by atoms with E-state index in [0.29, 0.717) is 6.61 Å². The lowest BCUT2D eigenvalue weighted by Crippen LogP contribution is -2.03. The van der Waals surface area contributed by atoms with Gasteiger partial charge in [0.1, 0.15) is 11.4 Å². The molecule has 4 nitrogen and oxygen atoms in total. The molecule has 3 aromatic carbocycles. The molecule has 0 saturated carbocycles. The van der Waals surface area contributed by atoms with E-state index >= 15 is 0 Å². The predicted octanol–water partition coefficient (Wildman–Crippen LogP) is 5.52. The third-order valence-electron chi connectivity index (χ3n) is 4.69. The summed E-state index contributed by atoms with van der Waals surface area (Å²) in [6.07, 6.45) is 0. The van der Waals surface area contributed by atoms with E-state index in [1.54, 1.807) is 11.8 Å². The molecule has 0 N–H and O–H groups in total. The van der Waals surface area contributed by atoms with E-state index in [9.17, 15) is 0 Å². The highest BCUT2D eigenvalue weighted by Gasteiger charge is 2.13. The number of thioether (sulfide) groups is 1.